The lowest BCUT2D eigenvalue weighted by Crippen LogP contribution is -2.51. The van der Waals surface area contributed by atoms with Gasteiger partial charge in [-0.25, -0.2) is 17.6 Å². The van der Waals surface area contributed by atoms with Crippen LogP contribution in [-0.2, 0) is 70.3 Å². The third-order valence-corrected chi connectivity index (χ3v) is 22.4. The van der Waals surface area contributed by atoms with E-state index in [0.29, 0.717) is 67.7 Å². The van der Waals surface area contributed by atoms with Crippen LogP contribution in [0.15, 0.2) is 194 Å². The van der Waals surface area contributed by atoms with E-state index in [4.69, 9.17) is 112 Å². The second-order valence-electron chi connectivity index (χ2n) is 19.4. The number of hydrogen-bond donors (Lipinski definition) is 4. The maximum atomic E-state index is 12.3. The number of hydrogen-bond acceptors (Lipinski definition) is 12. The average molecular weight is 1500 g/mol. The highest BCUT2D eigenvalue weighted by atomic mass is 35.5. The van der Waals surface area contributed by atoms with E-state index in [0.717, 1.165) is 22.3 Å². The number of rotatable bonds is 16. The van der Waals surface area contributed by atoms with Crippen molar-refractivity contribution in [2.45, 2.75) is 79.6 Å². The molecule has 28 heteroatoms. The fraction of sp³-hybridized carbons (Fsp3) is 0.250. The van der Waals surface area contributed by atoms with Gasteiger partial charge in [0.15, 0.2) is 0 Å². The highest BCUT2D eigenvalue weighted by Gasteiger charge is 2.10. The molecule has 8 aromatic carbocycles. The van der Waals surface area contributed by atoms with Crippen molar-refractivity contribution in [3.8, 4) is 0 Å². The number of quaternary nitrogens is 4. The van der Waals surface area contributed by atoms with Crippen molar-refractivity contribution in [2.24, 2.45) is 0 Å². The van der Waals surface area contributed by atoms with Crippen molar-refractivity contribution in [1.29, 1.82) is 0 Å². The minimum Gasteiger partial charge on any atom is -0.797 e. The maximum absolute atomic E-state index is 12.3. The molecule has 0 amide bonds. The molecule has 0 spiro atoms. The summed E-state index contributed by atoms with van der Waals surface area (Å²) in [5.41, 5.74) is 19.5. The fourth-order valence-electron chi connectivity index (χ4n) is 6.64. The van der Waals surface area contributed by atoms with Crippen molar-refractivity contribution in [3.05, 3.63) is 260 Å². The summed E-state index contributed by atoms with van der Waals surface area (Å²) in [6, 6.07) is 52.9. The summed E-state index contributed by atoms with van der Waals surface area (Å²) in [5, 5.41) is 4.46. The fourth-order valence-corrected chi connectivity index (χ4v) is 13.9. The smallest absolute Gasteiger partial charge is 0.123 e. The Kier molecular flexibility index (Phi) is 42.7. The molecule has 0 saturated heterocycles. The lowest BCUT2D eigenvalue weighted by atomic mass is 10.1. The molecule has 12 nitrogen and oxygen atoms in total. The summed E-state index contributed by atoms with van der Waals surface area (Å²) in [7, 11) is 0. The Morgan fingerprint density at radius 1 is 0.359 bits per heavy atom. The van der Waals surface area contributed by atoms with Gasteiger partial charge in [0, 0.05) is 93.6 Å². The first-order valence-corrected chi connectivity index (χ1v) is 40.3. The molecule has 8 aromatic rings. The van der Waals surface area contributed by atoms with E-state index in [1.54, 1.807) is 173 Å². The Morgan fingerprint density at radius 3 is 0.674 bits per heavy atom. The van der Waals surface area contributed by atoms with Gasteiger partial charge >= 0.3 is 0 Å². The largest absolute Gasteiger partial charge is 0.797 e. The standard InChI is InChI=1S/4C8H10ClO2PS.4C8H10FN/c4*1-2-11-12(10,13)8-5-3-7(9)4-6-8;4*1-6(10)7-2-4-8(9)5-3-7/h4*3-6H,2H2,1H3,(H,10,13);4*2-6H,10H2,1H3/t;;;;4*6-/m....0000/s1. The average Bonchev–Trinajstić information content (AvgIpc) is 1.88. The molecule has 0 fully saturated rings. The van der Waals surface area contributed by atoms with Gasteiger partial charge in [0.1, 0.15) is 54.0 Å². The summed E-state index contributed by atoms with van der Waals surface area (Å²) in [6.45, 7) is 4.20. The second-order valence-corrected chi connectivity index (χ2v) is 34.0. The van der Waals surface area contributed by atoms with Crippen molar-refractivity contribution in [2.75, 3.05) is 26.4 Å². The Bertz CT molecular complexity index is 3070. The normalized spacial score (nSPS) is 14.3. The molecule has 0 bridgehead atoms. The van der Waals surface area contributed by atoms with Crippen molar-refractivity contribution < 1.29 is 77.8 Å². The van der Waals surface area contributed by atoms with E-state index in [2.05, 4.69) is 22.9 Å². The van der Waals surface area contributed by atoms with Crippen molar-refractivity contribution in [3.63, 3.8) is 0 Å². The van der Waals surface area contributed by atoms with E-state index in [1.165, 1.54) is 48.5 Å². The quantitative estimate of drug-likeness (QED) is 0.0402. The molecule has 0 aliphatic rings. The second kappa shape index (κ2) is 45.3. The van der Waals surface area contributed by atoms with Gasteiger partial charge in [0.25, 0.3) is 0 Å². The number of halogens is 8. The van der Waals surface area contributed by atoms with Crippen LogP contribution in [0, 0.1) is 23.3 Å². The van der Waals surface area contributed by atoms with Gasteiger partial charge in [-0.2, -0.15) is 0 Å². The predicted octanol–water partition coefficient (Wildman–Crippen LogP) is 12.3. The summed E-state index contributed by atoms with van der Waals surface area (Å²) in [4.78, 5) is 35.0. The summed E-state index contributed by atoms with van der Waals surface area (Å²) in [6.07, 6.45) is 0. The summed E-state index contributed by atoms with van der Waals surface area (Å²) < 4.78 is 80.9. The van der Waals surface area contributed by atoms with Crippen LogP contribution in [0.3, 0.4) is 0 Å². The zero-order chi connectivity index (χ0) is 69.8. The van der Waals surface area contributed by atoms with Crippen LogP contribution in [-0.4, -0.2) is 26.4 Å². The molecular formula is C64H80Cl4F4N4O8P4S4. The first kappa shape index (κ1) is 86.7. The molecule has 0 saturated carbocycles. The van der Waals surface area contributed by atoms with E-state index < -0.39 is 26.0 Å². The highest BCUT2D eigenvalue weighted by Crippen LogP contribution is 2.43. The SMILES string of the molecule is CCOP(=O)([S-])c1ccc(Cl)cc1.CCOP([O-])(=S)c1ccc(Cl)cc1.CCOP([O-])(=S)c1ccc(Cl)cc1.CCOP([O-])(=S)c1ccc(Cl)cc1.C[C@H]([NH3+])c1ccc(F)cc1.C[C@H]([NH3+])c1ccc(F)cc1.C[C@H]([NH3+])c1ccc(F)cc1.C[C@H]([NH3+])c1ccc(F)cc1. The van der Waals surface area contributed by atoms with Crippen LogP contribution in [0.4, 0.5) is 17.6 Å². The lowest BCUT2D eigenvalue weighted by molar-refractivity contribution is -0.420. The van der Waals surface area contributed by atoms with Crippen LogP contribution in [0.1, 0.15) is 102 Å². The predicted molar refractivity (Wildman–Crippen MR) is 379 cm³/mol. The topological polar surface area (TPSA) is 234 Å². The van der Waals surface area contributed by atoms with Gasteiger partial charge in [-0.1, -0.05) is 167 Å². The molecule has 0 aliphatic carbocycles. The summed E-state index contributed by atoms with van der Waals surface area (Å²) in [5.74, 6) is -0.761. The molecule has 0 heterocycles. The summed E-state index contributed by atoms with van der Waals surface area (Å²) >= 11 is 42.1. The first-order chi connectivity index (χ1) is 43.0. The van der Waals surface area contributed by atoms with Gasteiger partial charge in [-0.3, -0.25) is 0 Å². The van der Waals surface area contributed by atoms with E-state index in [1.807, 2.05) is 27.7 Å². The van der Waals surface area contributed by atoms with Gasteiger partial charge in [-0.15, -0.1) is 0 Å². The molecular weight excluding hydrogens is 1420 g/mol. The van der Waals surface area contributed by atoms with Gasteiger partial charge in [0.05, 0.1) is 0 Å². The Labute approximate surface area is 580 Å². The van der Waals surface area contributed by atoms with Crippen LogP contribution >= 0.6 is 72.4 Å². The first-order valence-electron chi connectivity index (χ1n) is 28.2. The Morgan fingerprint density at radius 2 is 0.522 bits per heavy atom. The zero-order valence-corrected chi connectivity index (χ0v) is 62.0. The minimum absolute atomic E-state index is 0.190. The molecule has 8 rings (SSSR count). The Balaban J connectivity index is 0.000000527. The van der Waals surface area contributed by atoms with E-state index in [9.17, 15) is 36.8 Å². The molecule has 92 heavy (non-hydrogen) atoms. The lowest BCUT2D eigenvalue weighted by Gasteiger charge is -2.27. The van der Waals surface area contributed by atoms with Crippen LogP contribution < -0.4 is 58.8 Å². The van der Waals surface area contributed by atoms with Crippen LogP contribution in [0.25, 0.3) is 0 Å². The highest BCUT2D eigenvalue weighted by molar-refractivity contribution is 8.37. The number of benzene rings is 8. The third kappa shape index (κ3) is 36.2. The minimum atomic E-state index is -3.04. The van der Waals surface area contributed by atoms with Crippen LogP contribution in [0.2, 0.25) is 20.1 Å². The molecule has 4 unspecified atom stereocenters. The van der Waals surface area contributed by atoms with Gasteiger partial charge < -0.3 is 72.5 Å². The molecule has 0 aliphatic heterocycles. The molecule has 0 radical (unpaired) electrons. The maximum Gasteiger partial charge on any atom is 0.123 e. The molecule has 504 valence electrons. The van der Waals surface area contributed by atoms with Crippen molar-refractivity contribution >= 4 is 141 Å². The third-order valence-electron chi connectivity index (χ3n) is 11.5. The van der Waals surface area contributed by atoms with Gasteiger partial charge in [0.2, 0.25) is 0 Å². The van der Waals surface area contributed by atoms with Crippen molar-refractivity contribution in [1.82, 2.24) is 0 Å². The molecule has 12 N–H and O–H groups in total. The van der Waals surface area contributed by atoms with E-state index >= 15 is 0 Å². The monoisotopic (exact) mass is 1500 g/mol. The molecule has 8 atom stereocenters. The van der Waals surface area contributed by atoms with Gasteiger partial charge in [-0.05, 0) is 180 Å². The zero-order valence-electron chi connectivity index (χ0n) is 52.2. The Hall–Kier alpha value is -3.27. The van der Waals surface area contributed by atoms with Crippen LogP contribution in [0.5, 0.6) is 0 Å². The van der Waals surface area contributed by atoms with E-state index in [-0.39, 0.29) is 47.4 Å². The molecule has 0 aromatic heterocycles.